The molecular formula is C23H4F30OSi. The Bertz CT molecular complexity index is 1570. The highest BCUT2D eigenvalue weighted by Gasteiger charge is 2.67. The van der Waals surface area contributed by atoms with Crippen LogP contribution in [0.25, 0.3) is 0 Å². The van der Waals surface area contributed by atoms with Crippen molar-refractivity contribution in [2.24, 2.45) is 0 Å². The van der Waals surface area contributed by atoms with Crippen LogP contribution in [-0.4, -0.2) is 13.1 Å². The monoisotopic (exact) mass is 894 g/mol. The van der Waals surface area contributed by atoms with Gasteiger partial charge in [0.2, 0.25) is 0 Å². The van der Waals surface area contributed by atoms with Crippen molar-refractivity contribution in [3.05, 3.63) is 55.6 Å². The van der Waals surface area contributed by atoms with Crippen LogP contribution in [0, 0.1) is 0 Å². The van der Waals surface area contributed by atoms with Crippen molar-refractivity contribution in [2.45, 2.75) is 68.3 Å². The zero-order valence-electron chi connectivity index (χ0n) is 24.3. The number of benzene rings is 2. The molecule has 0 atom stereocenters. The molecule has 0 amide bonds. The summed E-state index contributed by atoms with van der Waals surface area (Å²) in [6.45, 7) is -1.69. The summed E-state index contributed by atoms with van der Waals surface area (Å²) in [5, 5.41) is -9.87. The lowest BCUT2D eigenvalue weighted by atomic mass is 9.88. The SMILES string of the molecule is C[Si](O)(c1c(C(F)(F)F)c(C(F)(F)F)c(C(F)(F)F)c(C(F)(F)F)c1C(F)(F)F)c1c(C(F)(F)F)c(C(F)(F)F)c(C(F)(F)F)c(C(F)(F)F)c1C(F)(F)F. The first-order valence-electron chi connectivity index (χ1n) is 12.4. The topological polar surface area (TPSA) is 20.2 Å². The summed E-state index contributed by atoms with van der Waals surface area (Å²) in [6, 6.07) is 0. The maximum Gasteiger partial charge on any atom is 0.417 e. The molecule has 1 nitrogen and oxygen atoms in total. The lowest BCUT2D eigenvalue weighted by Gasteiger charge is -2.38. The van der Waals surface area contributed by atoms with E-state index in [1.807, 2.05) is 0 Å². The van der Waals surface area contributed by atoms with Gasteiger partial charge < -0.3 is 4.80 Å². The Balaban J connectivity index is 4.16. The van der Waals surface area contributed by atoms with E-state index >= 15 is 0 Å². The summed E-state index contributed by atoms with van der Waals surface area (Å²) in [7, 11) is -9.29. The van der Waals surface area contributed by atoms with Crippen LogP contribution in [0.15, 0.2) is 0 Å². The first kappa shape index (κ1) is 47.7. The quantitative estimate of drug-likeness (QED) is 0.235. The Morgan fingerprint density at radius 2 is 0.327 bits per heavy atom. The Hall–Kier alpha value is -3.48. The van der Waals surface area contributed by atoms with Crippen LogP contribution in [0.1, 0.15) is 55.6 Å². The van der Waals surface area contributed by atoms with Gasteiger partial charge in [-0.25, -0.2) is 0 Å². The van der Waals surface area contributed by atoms with E-state index in [1.54, 1.807) is 0 Å². The lowest BCUT2D eigenvalue weighted by Crippen LogP contribution is -2.65. The molecule has 0 aliphatic carbocycles. The predicted octanol–water partition coefficient (Wildman–Crippen LogP) is 11.6. The minimum atomic E-state index is -9.29. The molecule has 0 aliphatic heterocycles. The molecule has 0 saturated carbocycles. The molecule has 0 fully saturated rings. The van der Waals surface area contributed by atoms with E-state index in [2.05, 4.69) is 0 Å². The van der Waals surface area contributed by atoms with E-state index in [4.69, 9.17) is 0 Å². The van der Waals surface area contributed by atoms with Crippen molar-refractivity contribution < 1.29 is 137 Å². The Morgan fingerprint density at radius 1 is 0.236 bits per heavy atom. The van der Waals surface area contributed by atoms with Crippen LogP contribution in [-0.2, 0) is 61.8 Å². The zero-order chi connectivity index (χ0) is 44.4. The fourth-order valence-corrected chi connectivity index (χ4v) is 8.70. The fourth-order valence-electron chi connectivity index (χ4n) is 5.43. The second-order valence-electron chi connectivity index (χ2n) is 10.5. The zero-order valence-corrected chi connectivity index (χ0v) is 25.3. The van der Waals surface area contributed by atoms with Crippen molar-refractivity contribution in [1.29, 1.82) is 0 Å². The van der Waals surface area contributed by atoms with Crippen molar-refractivity contribution in [3.63, 3.8) is 0 Å². The van der Waals surface area contributed by atoms with Crippen molar-refractivity contribution in [3.8, 4) is 0 Å². The molecule has 32 heteroatoms. The summed E-state index contributed by atoms with van der Waals surface area (Å²) >= 11 is 0. The fraction of sp³-hybridized carbons (Fsp3) is 0.478. The molecule has 316 valence electrons. The molecule has 2 rings (SSSR count). The van der Waals surface area contributed by atoms with Gasteiger partial charge in [0.25, 0.3) is 8.32 Å². The largest absolute Gasteiger partial charge is 0.424 e. The predicted molar refractivity (Wildman–Crippen MR) is 116 cm³/mol. The molecule has 2 aromatic rings. The second kappa shape index (κ2) is 12.8. The standard InChI is InChI=1S/C23H4F30OSi/c1-55(54,12-8(20(42,43)44)4(16(30,31)32)2(14(24,25)26)5(17(33,34)35)9(12)21(45,46)47)13-10(22(48,49)50)6(18(36,37)38)3(15(27,28)29)7(19(39,40)41)11(13)23(51,52)53/h54H,1H3. The van der Waals surface area contributed by atoms with E-state index in [0.717, 1.165) is 0 Å². The van der Waals surface area contributed by atoms with Crippen LogP contribution in [0.5, 0.6) is 0 Å². The first-order valence-corrected chi connectivity index (χ1v) is 14.8. The number of alkyl halides is 30. The molecule has 0 radical (unpaired) electrons. The molecular weight excluding hydrogens is 890 g/mol. The third-order valence-electron chi connectivity index (χ3n) is 6.81. The van der Waals surface area contributed by atoms with Crippen molar-refractivity contribution in [1.82, 2.24) is 0 Å². The van der Waals surface area contributed by atoms with Gasteiger partial charge in [0.15, 0.2) is 0 Å². The highest BCUT2D eigenvalue weighted by molar-refractivity contribution is 6.96. The van der Waals surface area contributed by atoms with Gasteiger partial charge >= 0.3 is 61.8 Å². The number of rotatable bonds is 2. The van der Waals surface area contributed by atoms with Gasteiger partial charge in [-0.1, -0.05) is 0 Å². The van der Waals surface area contributed by atoms with Crippen LogP contribution in [0.4, 0.5) is 132 Å². The van der Waals surface area contributed by atoms with Gasteiger partial charge in [-0.3, -0.25) is 0 Å². The Morgan fingerprint density at radius 3 is 0.418 bits per heavy atom. The minimum Gasteiger partial charge on any atom is -0.424 e. The second-order valence-corrected chi connectivity index (χ2v) is 13.7. The third-order valence-corrected chi connectivity index (χ3v) is 9.76. The van der Waals surface area contributed by atoms with Crippen LogP contribution in [0.3, 0.4) is 0 Å². The van der Waals surface area contributed by atoms with E-state index in [0.29, 0.717) is 0 Å². The molecule has 0 bridgehead atoms. The van der Waals surface area contributed by atoms with Gasteiger partial charge in [0.1, 0.15) is 0 Å². The summed E-state index contributed by atoms with van der Waals surface area (Å²) in [5.74, 6) is 0. The van der Waals surface area contributed by atoms with Gasteiger partial charge in [-0.15, -0.1) is 0 Å². The summed E-state index contributed by atoms with van der Waals surface area (Å²) < 4.78 is 423. The highest BCUT2D eigenvalue weighted by atomic mass is 28.4. The van der Waals surface area contributed by atoms with Crippen LogP contribution >= 0.6 is 0 Å². The average Bonchev–Trinajstić information content (AvgIpc) is 2.84. The number of hydrogen-bond acceptors (Lipinski definition) is 1. The molecule has 0 spiro atoms. The lowest BCUT2D eigenvalue weighted by molar-refractivity contribution is -0.188. The molecule has 55 heavy (non-hydrogen) atoms. The van der Waals surface area contributed by atoms with E-state index < -0.39 is 143 Å². The third kappa shape index (κ3) is 8.76. The number of hydrogen-bond donors (Lipinski definition) is 1. The normalized spacial score (nSPS) is 15.3. The van der Waals surface area contributed by atoms with Gasteiger partial charge in [-0.05, 0) is 16.9 Å². The molecule has 0 aliphatic rings. The molecule has 0 aromatic heterocycles. The Kier molecular flexibility index (Phi) is 11.1. The summed E-state index contributed by atoms with van der Waals surface area (Å²) in [4.78, 5) is 10.9. The maximum atomic E-state index is 14.3. The van der Waals surface area contributed by atoms with E-state index in [9.17, 15) is 137 Å². The molecule has 0 heterocycles. The Labute approximate surface area is 280 Å². The van der Waals surface area contributed by atoms with Gasteiger partial charge in [0.05, 0.1) is 55.6 Å². The van der Waals surface area contributed by atoms with E-state index in [1.165, 1.54) is 0 Å². The summed E-state index contributed by atoms with van der Waals surface area (Å²) in [5.41, 5.74) is -52.0. The first-order chi connectivity index (χ1) is 23.5. The minimum absolute atomic E-state index is 1.69. The smallest absolute Gasteiger partial charge is 0.417 e. The van der Waals surface area contributed by atoms with Gasteiger partial charge in [-0.2, -0.15) is 132 Å². The molecule has 2 aromatic carbocycles. The van der Waals surface area contributed by atoms with Crippen LogP contribution in [0.2, 0.25) is 6.55 Å². The van der Waals surface area contributed by atoms with Gasteiger partial charge in [0, 0.05) is 0 Å². The molecule has 1 N–H and O–H groups in total. The van der Waals surface area contributed by atoms with E-state index in [-0.39, 0.29) is 0 Å². The van der Waals surface area contributed by atoms with Crippen molar-refractivity contribution >= 4 is 18.7 Å². The summed E-state index contributed by atoms with van der Waals surface area (Å²) in [6.07, 6.45) is -79.4. The highest BCUT2D eigenvalue weighted by Crippen LogP contribution is 2.57. The average molecular weight is 894 g/mol. The maximum absolute atomic E-state index is 14.3. The van der Waals surface area contributed by atoms with Crippen molar-refractivity contribution in [2.75, 3.05) is 0 Å². The molecule has 0 unspecified atom stereocenters. The van der Waals surface area contributed by atoms with Crippen LogP contribution < -0.4 is 10.4 Å². The molecule has 0 saturated heterocycles. The number of halogens is 30.